The van der Waals surface area contributed by atoms with Crippen LogP contribution in [0.25, 0.3) is 0 Å². The second-order valence-corrected chi connectivity index (χ2v) is 26.1. The minimum Gasteiger partial charge on any atom is -0.417 e. The number of amides is 1. The van der Waals surface area contributed by atoms with E-state index in [1.165, 1.54) is 18.2 Å². The van der Waals surface area contributed by atoms with Gasteiger partial charge in [-0.05, 0) is 58.9 Å². The fourth-order valence-electron chi connectivity index (χ4n) is 2.08. The van der Waals surface area contributed by atoms with Crippen LogP contribution in [0.5, 0.6) is 0 Å². The van der Waals surface area contributed by atoms with Crippen LogP contribution in [0.3, 0.4) is 0 Å². The molecule has 1 amide bonds. The highest BCUT2D eigenvalue weighted by Gasteiger charge is 2.49. The number of rotatable bonds is 10. The van der Waals surface area contributed by atoms with Crippen LogP contribution in [-0.4, -0.2) is 39.7 Å². The standard InChI is InChI=1S/C12H34O3Si4.C5H7NO/c1-11-12-19(13-16(2,3)4,14-17(5,6)7)15-18(8,9)10;1-2-3-4-5(6)7/h11-12H2,1-10H3;2-4H,1H2,(H2,6,7). The molecule has 0 fully saturated rings. The molecule has 2 N–H and O–H groups in total. The fourth-order valence-corrected chi connectivity index (χ4v) is 16.7. The molecule has 9 heteroatoms. The van der Waals surface area contributed by atoms with Crippen LogP contribution in [0.15, 0.2) is 24.8 Å². The van der Waals surface area contributed by atoms with Gasteiger partial charge in [-0.1, -0.05) is 32.1 Å². The Bertz CT molecular complexity index is 422. The molecule has 0 heterocycles. The van der Waals surface area contributed by atoms with E-state index in [1.807, 2.05) is 0 Å². The van der Waals surface area contributed by atoms with Crippen molar-refractivity contribution in [3.63, 3.8) is 0 Å². The molecule has 0 rings (SSSR count). The zero-order valence-electron chi connectivity index (χ0n) is 18.6. The van der Waals surface area contributed by atoms with Crippen LogP contribution in [0.2, 0.25) is 65.0 Å². The molecular weight excluding hydrogens is 395 g/mol. The molecule has 0 saturated heterocycles. The number of nitrogens with two attached hydrogens (primary N) is 1. The Morgan fingerprint density at radius 1 is 0.885 bits per heavy atom. The lowest BCUT2D eigenvalue weighted by Gasteiger charge is -2.42. The second kappa shape index (κ2) is 11.5. The minimum absolute atomic E-state index is 0.445. The number of primary amides is 1. The monoisotopic (exact) mass is 435 g/mol. The average molecular weight is 436 g/mol. The summed E-state index contributed by atoms with van der Waals surface area (Å²) in [6, 6.07) is 0.950. The molecule has 0 atom stereocenters. The Hall–Kier alpha value is -0.302. The predicted octanol–water partition coefficient (Wildman–Crippen LogP) is 5.10. The van der Waals surface area contributed by atoms with Crippen molar-refractivity contribution in [3.05, 3.63) is 24.8 Å². The summed E-state index contributed by atoms with van der Waals surface area (Å²) in [7, 11) is -7.54. The highest BCUT2D eigenvalue weighted by atomic mass is 28.5. The summed E-state index contributed by atoms with van der Waals surface area (Å²) in [5, 5.41) is 0. The first-order valence-corrected chi connectivity index (χ1v) is 21.3. The molecule has 0 aromatic carbocycles. The average Bonchev–Trinajstić information content (AvgIpc) is 2.30. The van der Waals surface area contributed by atoms with Crippen molar-refractivity contribution in [3.8, 4) is 0 Å². The van der Waals surface area contributed by atoms with Crippen LogP contribution < -0.4 is 5.73 Å². The van der Waals surface area contributed by atoms with E-state index in [0.717, 1.165) is 12.5 Å². The number of hydrogen-bond donors (Lipinski definition) is 1. The van der Waals surface area contributed by atoms with E-state index in [0.29, 0.717) is 0 Å². The topological polar surface area (TPSA) is 70.8 Å². The molecule has 0 radical (unpaired) electrons. The first-order valence-electron chi connectivity index (χ1n) is 9.14. The zero-order valence-corrected chi connectivity index (χ0v) is 22.6. The molecule has 0 bridgehead atoms. The fraction of sp³-hybridized carbons (Fsp3) is 0.706. The summed E-state index contributed by atoms with van der Waals surface area (Å²) in [4.78, 5) is 9.85. The molecule has 0 aliphatic carbocycles. The van der Waals surface area contributed by atoms with Gasteiger partial charge in [0.15, 0.2) is 25.0 Å². The van der Waals surface area contributed by atoms with Gasteiger partial charge in [-0.25, -0.2) is 0 Å². The quantitative estimate of drug-likeness (QED) is 0.294. The number of allylic oxidation sites excluding steroid dienone is 2. The van der Waals surface area contributed by atoms with E-state index < -0.39 is 39.7 Å². The van der Waals surface area contributed by atoms with Gasteiger partial charge in [0.2, 0.25) is 5.91 Å². The Kier molecular flexibility index (Phi) is 12.4. The van der Waals surface area contributed by atoms with Gasteiger partial charge >= 0.3 is 8.80 Å². The Morgan fingerprint density at radius 2 is 1.23 bits per heavy atom. The van der Waals surface area contributed by atoms with Crippen molar-refractivity contribution in [1.29, 1.82) is 0 Å². The predicted molar refractivity (Wildman–Crippen MR) is 123 cm³/mol. The van der Waals surface area contributed by atoms with Gasteiger partial charge in [0.1, 0.15) is 0 Å². The summed E-state index contributed by atoms with van der Waals surface area (Å²) in [5.41, 5.74) is 4.70. The van der Waals surface area contributed by atoms with Crippen LogP contribution in [0.1, 0.15) is 13.3 Å². The molecule has 5 nitrogen and oxygen atoms in total. The van der Waals surface area contributed by atoms with Crippen LogP contribution in [0.4, 0.5) is 0 Å². The van der Waals surface area contributed by atoms with Crippen LogP contribution in [0, 0.1) is 0 Å². The van der Waals surface area contributed by atoms with Crippen molar-refractivity contribution in [2.24, 2.45) is 5.73 Å². The van der Waals surface area contributed by atoms with Gasteiger partial charge in [-0.15, -0.1) is 0 Å². The maximum atomic E-state index is 9.85. The van der Waals surface area contributed by atoms with E-state index in [1.54, 1.807) is 0 Å². The Balaban J connectivity index is 0. The maximum Gasteiger partial charge on any atom is 0.469 e. The number of hydrogen-bond acceptors (Lipinski definition) is 4. The summed E-state index contributed by atoms with van der Waals surface area (Å²) in [6.07, 6.45) is 5.28. The van der Waals surface area contributed by atoms with E-state index in [4.69, 9.17) is 18.1 Å². The highest BCUT2D eigenvalue weighted by molar-refractivity contribution is 6.90. The van der Waals surface area contributed by atoms with Crippen molar-refractivity contribution < 1.29 is 17.1 Å². The molecule has 0 aliphatic rings. The summed E-state index contributed by atoms with van der Waals surface area (Å²) < 4.78 is 19.6. The van der Waals surface area contributed by atoms with Gasteiger partial charge in [0.25, 0.3) is 0 Å². The summed E-state index contributed by atoms with van der Waals surface area (Å²) in [5.74, 6) is -0.445. The van der Waals surface area contributed by atoms with Gasteiger partial charge in [0, 0.05) is 12.1 Å². The van der Waals surface area contributed by atoms with Gasteiger partial charge in [-0.2, -0.15) is 0 Å². The summed E-state index contributed by atoms with van der Waals surface area (Å²) in [6.45, 7) is 25.6. The lowest BCUT2D eigenvalue weighted by Crippen LogP contribution is -2.60. The molecule has 0 aromatic rings. The zero-order chi connectivity index (χ0) is 21.2. The normalized spacial score (nSPS) is 13.3. The summed E-state index contributed by atoms with van der Waals surface area (Å²) >= 11 is 0. The first kappa shape index (κ1) is 27.9. The lowest BCUT2D eigenvalue weighted by molar-refractivity contribution is -0.113. The molecule has 0 spiro atoms. The van der Waals surface area contributed by atoms with Crippen molar-refractivity contribution in [2.45, 2.75) is 78.3 Å². The maximum absolute atomic E-state index is 9.85. The lowest BCUT2D eigenvalue weighted by atomic mass is 10.5. The number of carbonyl (C=O) groups excluding carboxylic acids is 1. The number of carbonyl (C=O) groups is 1. The third-order valence-electron chi connectivity index (χ3n) is 2.34. The Labute approximate surface area is 165 Å². The van der Waals surface area contributed by atoms with E-state index in [-0.39, 0.29) is 0 Å². The van der Waals surface area contributed by atoms with E-state index >= 15 is 0 Å². The molecule has 26 heavy (non-hydrogen) atoms. The molecule has 0 aromatic heterocycles. The third kappa shape index (κ3) is 18.5. The van der Waals surface area contributed by atoms with Gasteiger partial charge in [0.05, 0.1) is 0 Å². The molecule has 0 unspecified atom stereocenters. The molecule has 154 valence electrons. The third-order valence-corrected chi connectivity index (χ3v) is 14.5. The minimum atomic E-state index is -2.52. The Morgan fingerprint density at radius 3 is 1.38 bits per heavy atom. The van der Waals surface area contributed by atoms with Crippen molar-refractivity contribution in [2.75, 3.05) is 0 Å². The first-order chi connectivity index (χ1) is 11.5. The van der Waals surface area contributed by atoms with E-state index in [2.05, 4.69) is 72.4 Å². The van der Waals surface area contributed by atoms with Gasteiger partial charge in [-0.3, -0.25) is 4.79 Å². The van der Waals surface area contributed by atoms with Crippen LogP contribution >= 0.6 is 0 Å². The van der Waals surface area contributed by atoms with Crippen molar-refractivity contribution >= 4 is 39.7 Å². The van der Waals surface area contributed by atoms with Gasteiger partial charge < -0.3 is 18.1 Å². The SMILES string of the molecule is C=CC=CC(N)=O.CCC[Si](O[Si](C)(C)C)(O[Si](C)(C)C)O[Si](C)(C)C. The molecule has 0 saturated carbocycles. The second-order valence-electron chi connectivity index (χ2n) is 9.07. The molecule has 0 aliphatic heterocycles. The van der Waals surface area contributed by atoms with Crippen molar-refractivity contribution in [1.82, 2.24) is 0 Å². The smallest absolute Gasteiger partial charge is 0.417 e. The highest BCUT2D eigenvalue weighted by Crippen LogP contribution is 2.29. The van der Waals surface area contributed by atoms with Crippen LogP contribution in [-0.2, 0) is 17.1 Å². The molecular formula is C17H41NO4Si4. The largest absolute Gasteiger partial charge is 0.469 e. The van der Waals surface area contributed by atoms with E-state index in [9.17, 15) is 4.79 Å².